The number of nitrogens with one attached hydrogen (secondary N) is 1. The van der Waals surface area contributed by atoms with E-state index in [0.717, 1.165) is 29.9 Å². The van der Waals surface area contributed by atoms with Crippen molar-refractivity contribution in [2.75, 3.05) is 19.7 Å². The average molecular weight is 363 g/mol. The average Bonchev–Trinajstić information content (AvgIpc) is 2.46. The fraction of sp³-hybridized carbons (Fsp3) is 0.625. The number of hydrogen-bond acceptors (Lipinski definition) is 2. The Morgan fingerprint density at radius 2 is 2.25 bits per heavy atom. The standard InChI is InChI=1S/C16H24BrNO.ClH/c1-3-12(2)14-6-7-16(15(17)9-14)19-11-13-5-4-8-18-10-13;/h6-7,9,12-13,18H,3-5,8,10-11H2,1-2H3;1H. The third-order valence-electron chi connectivity index (χ3n) is 4.01. The summed E-state index contributed by atoms with van der Waals surface area (Å²) in [5, 5.41) is 3.43. The summed E-state index contributed by atoms with van der Waals surface area (Å²) >= 11 is 3.63. The molecule has 1 aromatic rings. The maximum absolute atomic E-state index is 5.96. The van der Waals surface area contributed by atoms with Crippen LogP contribution in [0.2, 0.25) is 0 Å². The third kappa shape index (κ3) is 4.94. The summed E-state index contributed by atoms with van der Waals surface area (Å²) in [6.07, 6.45) is 3.71. The van der Waals surface area contributed by atoms with Gasteiger partial charge in [-0.3, -0.25) is 0 Å². The Morgan fingerprint density at radius 3 is 2.85 bits per heavy atom. The first-order valence-electron chi connectivity index (χ1n) is 7.33. The topological polar surface area (TPSA) is 21.3 Å². The van der Waals surface area contributed by atoms with Crippen LogP contribution >= 0.6 is 28.3 Å². The lowest BCUT2D eigenvalue weighted by molar-refractivity contribution is 0.217. The molecule has 1 aromatic carbocycles. The van der Waals surface area contributed by atoms with Crippen LogP contribution in [0.4, 0.5) is 0 Å². The van der Waals surface area contributed by atoms with Crippen LogP contribution in [0.1, 0.15) is 44.6 Å². The quantitative estimate of drug-likeness (QED) is 0.815. The van der Waals surface area contributed by atoms with E-state index in [9.17, 15) is 0 Å². The lowest BCUT2D eigenvalue weighted by atomic mass is 9.99. The SMILES string of the molecule is CCC(C)c1ccc(OCC2CCCNC2)c(Br)c1.Cl. The van der Waals surface area contributed by atoms with Gasteiger partial charge in [-0.05, 0) is 65.4 Å². The molecular weight excluding hydrogens is 338 g/mol. The van der Waals surface area contributed by atoms with Crippen molar-refractivity contribution in [2.45, 2.75) is 39.0 Å². The molecule has 2 nitrogen and oxygen atoms in total. The van der Waals surface area contributed by atoms with Crippen molar-refractivity contribution in [1.29, 1.82) is 0 Å². The number of hydrogen-bond donors (Lipinski definition) is 1. The zero-order valence-electron chi connectivity index (χ0n) is 12.3. The molecule has 1 saturated heterocycles. The molecule has 1 N–H and O–H groups in total. The second-order valence-corrected chi connectivity index (χ2v) is 6.38. The largest absolute Gasteiger partial charge is 0.492 e. The molecule has 2 rings (SSSR count). The van der Waals surface area contributed by atoms with Gasteiger partial charge in [0.1, 0.15) is 5.75 Å². The van der Waals surface area contributed by atoms with E-state index in [2.05, 4.69) is 53.3 Å². The predicted molar refractivity (Wildman–Crippen MR) is 91.2 cm³/mol. The highest BCUT2D eigenvalue weighted by atomic mass is 79.9. The molecule has 0 radical (unpaired) electrons. The van der Waals surface area contributed by atoms with Gasteiger partial charge in [-0.25, -0.2) is 0 Å². The number of halogens is 2. The molecule has 2 unspecified atom stereocenters. The molecule has 1 aliphatic rings. The second kappa shape index (κ2) is 8.91. The Hall–Kier alpha value is -0.250. The third-order valence-corrected chi connectivity index (χ3v) is 4.63. The fourth-order valence-corrected chi connectivity index (χ4v) is 2.96. The first-order chi connectivity index (χ1) is 9.20. The van der Waals surface area contributed by atoms with Gasteiger partial charge in [0.05, 0.1) is 11.1 Å². The van der Waals surface area contributed by atoms with E-state index < -0.39 is 0 Å². The first kappa shape index (κ1) is 17.8. The molecule has 0 amide bonds. The summed E-state index contributed by atoms with van der Waals surface area (Å²) in [6, 6.07) is 6.48. The summed E-state index contributed by atoms with van der Waals surface area (Å²) in [7, 11) is 0. The minimum Gasteiger partial charge on any atom is -0.492 e. The molecule has 1 heterocycles. The van der Waals surface area contributed by atoms with Gasteiger partial charge in [0, 0.05) is 12.5 Å². The maximum Gasteiger partial charge on any atom is 0.133 e. The Labute approximate surface area is 137 Å². The van der Waals surface area contributed by atoms with Crippen molar-refractivity contribution in [1.82, 2.24) is 5.32 Å². The highest BCUT2D eigenvalue weighted by Crippen LogP contribution is 2.30. The van der Waals surface area contributed by atoms with Crippen molar-refractivity contribution in [3.63, 3.8) is 0 Å². The zero-order valence-corrected chi connectivity index (χ0v) is 14.7. The summed E-state index contributed by atoms with van der Waals surface area (Å²) in [6.45, 7) is 7.54. The monoisotopic (exact) mass is 361 g/mol. The van der Waals surface area contributed by atoms with Crippen LogP contribution in [0, 0.1) is 5.92 Å². The summed E-state index contributed by atoms with van der Waals surface area (Å²) in [5.41, 5.74) is 1.38. The molecule has 0 aliphatic carbocycles. The van der Waals surface area contributed by atoms with Gasteiger partial charge in [0.15, 0.2) is 0 Å². The Balaban J connectivity index is 0.00000200. The minimum absolute atomic E-state index is 0. The molecule has 114 valence electrons. The van der Waals surface area contributed by atoms with Crippen LogP contribution in [0.15, 0.2) is 22.7 Å². The van der Waals surface area contributed by atoms with E-state index in [-0.39, 0.29) is 12.4 Å². The van der Waals surface area contributed by atoms with Gasteiger partial charge in [0.2, 0.25) is 0 Å². The minimum atomic E-state index is 0. The van der Waals surface area contributed by atoms with Crippen molar-refractivity contribution in [2.24, 2.45) is 5.92 Å². The van der Waals surface area contributed by atoms with Crippen molar-refractivity contribution >= 4 is 28.3 Å². The second-order valence-electron chi connectivity index (χ2n) is 5.52. The van der Waals surface area contributed by atoms with E-state index in [1.807, 2.05) is 0 Å². The Kier molecular flexibility index (Phi) is 7.93. The smallest absolute Gasteiger partial charge is 0.133 e. The van der Waals surface area contributed by atoms with E-state index in [4.69, 9.17) is 4.74 Å². The van der Waals surface area contributed by atoms with Gasteiger partial charge in [-0.15, -0.1) is 12.4 Å². The lowest BCUT2D eigenvalue weighted by Gasteiger charge is -2.23. The van der Waals surface area contributed by atoms with Crippen molar-refractivity contribution in [3.05, 3.63) is 28.2 Å². The summed E-state index contributed by atoms with van der Waals surface area (Å²) in [5.74, 6) is 2.22. The highest BCUT2D eigenvalue weighted by molar-refractivity contribution is 9.10. The Bertz CT molecular complexity index is 407. The zero-order chi connectivity index (χ0) is 13.7. The van der Waals surface area contributed by atoms with E-state index in [0.29, 0.717) is 11.8 Å². The fourth-order valence-electron chi connectivity index (χ4n) is 2.45. The van der Waals surface area contributed by atoms with Crippen LogP contribution < -0.4 is 10.1 Å². The molecule has 0 aromatic heterocycles. The molecule has 0 saturated carbocycles. The van der Waals surface area contributed by atoms with Gasteiger partial charge < -0.3 is 10.1 Å². The Morgan fingerprint density at radius 1 is 1.45 bits per heavy atom. The molecule has 1 fully saturated rings. The van der Waals surface area contributed by atoms with Crippen molar-refractivity contribution < 1.29 is 4.74 Å². The van der Waals surface area contributed by atoms with Gasteiger partial charge in [-0.1, -0.05) is 19.9 Å². The van der Waals surface area contributed by atoms with Crippen LogP contribution in [0.5, 0.6) is 5.75 Å². The number of ether oxygens (including phenoxy) is 1. The molecule has 4 heteroatoms. The number of rotatable bonds is 5. The van der Waals surface area contributed by atoms with Gasteiger partial charge in [0.25, 0.3) is 0 Å². The van der Waals surface area contributed by atoms with Crippen LogP contribution in [0.3, 0.4) is 0 Å². The highest BCUT2D eigenvalue weighted by Gasteiger charge is 2.14. The number of benzene rings is 1. The van der Waals surface area contributed by atoms with E-state index in [1.165, 1.54) is 24.8 Å². The molecule has 20 heavy (non-hydrogen) atoms. The van der Waals surface area contributed by atoms with Crippen molar-refractivity contribution in [3.8, 4) is 5.75 Å². The molecular formula is C16H25BrClNO. The molecule has 0 bridgehead atoms. The molecule has 0 spiro atoms. The van der Waals surface area contributed by atoms with Crippen LogP contribution in [-0.2, 0) is 0 Å². The first-order valence-corrected chi connectivity index (χ1v) is 8.13. The summed E-state index contributed by atoms with van der Waals surface area (Å²) < 4.78 is 7.04. The van der Waals surface area contributed by atoms with Gasteiger partial charge >= 0.3 is 0 Å². The normalized spacial score (nSPS) is 20.1. The molecule has 2 atom stereocenters. The summed E-state index contributed by atoms with van der Waals surface area (Å²) in [4.78, 5) is 0. The van der Waals surface area contributed by atoms with E-state index >= 15 is 0 Å². The van der Waals surface area contributed by atoms with Crippen LogP contribution in [0.25, 0.3) is 0 Å². The van der Waals surface area contributed by atoms with Gasteiger partial charge in [-0.2, -0.15) is 0 Å². The predicted octanol–water partition coefficient (Wildman–Crippen LogP) is 4.76. The van der Waals surface area contributed by atoms with E-state index in [1.54, 1.807) is 0 Å². The molecule has 1 aliphatic heterocycles. The lowest BCUT2D eigenvalue weighted by Crippen LogP contribution is -2.33. The maximum atomic E-state index is 5.96. The van der Waals surface area contributed by atoms with Crippen LogP contribution in [-0.4, -0.2) is 19.7 Å². The number of piperidine rings is 1.